The van der Waals surface area contributed by atoms with E-state index in [9.17, 15) is 10.1 Å². The molecular weight excluding hydrogens is 316 g/mol. The highest BCUT2D eigenvalue weighted by Gasteiger charge is 2.16. The fraction of sp³-hybridized carbons (Fsp3) is 0.250. The quantitative estimate of drug-likeness (QED) is 0.792. The molecule has 22 heavy (non-hydrogen) atoms. The van der Waals surface area contributed by atoms with Crippen LogP contribution in [-0.4, -0.2) is 11.1 Å². The Hall–Kier alpha value is -1.97. The van der Waals surface area contributed by atoms with Crippen molar-refractivity contribution in [1.82, 2.24) is 0 Å². The summed E-state index contributed by atoms with van der Waals surface area (Å²) in [7, 11) is 0. The number of hydrogen-bond donors (Lipinski definition) is 2. The van der Waals surface area contributed by atoms with Gasteiger partial charge in [0.25, 0.3) is 0 Å². The summed E-state index contributed by atoms with van der Waals surface area (Å²) in [5, 5.41) is 20.1. The second kappa shape index (κ2) is 6.42. The Morgan fingerprint density at radius 3 is 2.68 bits per heavy atom. The fourth-order valence-corrected chi connectivity index (χ4v) is 3.33. The highest BCUT2D eigenvalue weighted by atomic mass is 32.2. The first-order valence-corrected chi connectivity index (χ1v) is 8.31. The first-order chi connectivity index (χ1) is 10.3. The number of nitrogens with one attached hydrogen (secondary N) is 1. The zero-order chi connectivity index (χ0) is 16.3. The molecule has 0 atom stereocenters. The molecule has 2 rings (SSSR count). The average Bonchev–Trinajstić information content (AvgIpc) is 2.92. The van der Waals surface area contributed by atoms with Crippen molar-refractivity contribution in [2.45, 2.75) is 31.1 Å². The first kappa shape index (κ1) is 16.4. The maximum atomic E-state index is 11.1. The zero-order valence-corrected chi connectivity index (χ0v) is 14.1. The van der Waals surface area contributed by atoms with Gasteiger partial charge in [0.05, 0.1) is 11.3 Å². The molecule has 0 fully saturated rings. The van der Waals surface area contributed by atoms with Gasteiger partial charge in [-0.05, 0) is 46.5 Å². The minimum atomic E-state index is -0.957. The third kappa shape index (κ3) is 3.62. The van der Waals surface area contributed by atoms with Crippen molar-refractivity contribution < 1.29 is 9.90 Å². The Bertz CT molecular complexity index is 739. The van der Waals surface area contributed by atoms with Crippen molar-refractivity contribution in [3.63, 3.8) is 0 Å². The molecular formula is C16H16N2O2S2. The van der Waals surface area contributed by atoms with E-state index in [1.54, 1.807) is 11.4 Å². The van der Waals surface area contributed by atoms with Crippen LogP contribution in [0.2, 0.25) is 0 Å². The van der Waals surface area contributed by atoms with Gasteiger partial charge in [-0.2, -0.15) is 5.26 Å². The SMILES string of the molecule is CC(C)(C)c1ccc(SNc2ccsc2C(=O)O)c(C#N)c1. The number of carboxylic acid groups (broad SMARTS) is 1. The van der Waals surface area contributed by atoms with E-state index in [4.69, 9.17) is 5.11 Å². The van der Waals surface area contributed by atoms with Crippen molar-refractivity contribution >= 4 is 34.9 Å². The Kier molecular flexibility index (Phi) is 4.79. The number of rotatable bonds is 4. The molecule has 0 saturated heterocycles. The van der Waals surface area contributed by atoms with Crippen molar-refractivity contribution in [2.75, 3.05) is 4.72 Å². The number of thiophene rings is 1. The summed E-state index contributed by atoms with van der Waals surface area (Å²) in [5.74, 6) is -0.957. The smallest absolute Gasteiger partial charge is 0.348 e. The maximum Gasteiger partial charge on any atom is 0.348 e. The molecule has 114 valence electrons. The molecule has 0 aliphatic rings. The Labute approximate surface area is 137 Å². The molecule has 0 aliphatic heterocycles. The molecule has 0 spiro atoms. The van der Waals surface area contributed by atoms with Crippen LogP contribution in [0.15, 0.2) is 34.5 Å². The van der Waals surface area contributed by atoms with Gasteiger partial charge < -0.3 is 9.83 Å². The van der Waals surface area contributed by atoms with E-state index in [1.165, 1.54) is 23.3 Å². The molecule has 2 aromatic rings. The van der Waals surface area contributed by atoms with E-state index in [1.807, 2.05) is 18.2 Å². The second-order valence-corrected chi connectivity index (χ2v) is 7.51. The molecule has 1 aromatic heterocycles. The summed E-state index contributed by atoms with van der Waals surface area (Å²) in [6, 6.07) is 9.69. The van der Waals surface area contributed by atoms with Crippen LogP contribution in [0.4, 0.5) is 5.69 Å². The molecule has 0 unspecified atom stereocenters. The normalized spacial score (nSPS) is 11.0. The van der Waals surface area contributed by atoms with Gasteiger partial charge in [-0.25, -0.2) is 4.79 Å². The van der Waals surface area contributed by atoms with Crippen LogP contribution in [0, 0.1) is 11.3 Å². The van der Waals surface area contributed by atoms with Crippen LogP contribution in [0.5, 0.6) is 0 Å². The van der Waals surface area contributed by atoms with Crippen molar-refractivity contribution in [2.24, 2.45) is 0 Å². The lowest BCUT2D eigenvalue weighted by atomic mass is 9.86. The maximum absolute atomic E-state index is 11.1. The number of benzene rings is 1. The Balaban J connectivity index is 2.22. The lowest BCUT2D eigenvalue weighted by Gasteiger charge is -2.19. The van der Waals surface area contributed by atoms with Gasteiger partial charge in [0.1, 0.15) is 10.9 Å². The van der Waals surface area contributed by atoms with Gasteiger partial charge in [-0.1, -0.05) is 26.8 Å². The van der Waals surface area contributed by atoms with Crippen molar-refractivity contribution in [1.29, 1.82) is 5.26 Å². The van der Waals surface area contributed by atoms with Crippen molar-refractivity contribution in [3.05, 3.63) is 45.6 Å². The number of nitriles is 1. The number of aromatic carboxylic acids is 1. The molecule has 0 amide bonds. The monoisotopic (exact) mass is 332 g/mol. The summed E-state index contributed by atoms with van der Waals surface area (Å²) >= 11 is 2.42. The summed E-state index contributed by atoms with van der Waals surface area (Å²) in [6.07, 6.45) is 0. The number of anilines is 1. The first-order valence-electron chi connectivity index (χ1n) is 6.61. The van der Waals surface area contributed by atoms with E-state index >= 15 is 0 Å². The summed E-state index contributed by atoms with van der Waals surface area (Å²) in [5.41, 5.74) is 2.20. The molecule has 1 aromatic carbocycles. The molecule has 0 aliphatic carbocycles. The largest absolute Gasteiger partial charge is 0.477 e. The third-order valence-electron chi connectivity index (χ3n) is 3.10. The third-order valence-corrected chi connectivity index (χ3v) is 4.90. The van der Waals surface area contributed by atoms with Crippen LogP contribution in [0.25, 0.3) is 0 Å². The van der Waals surface area contributed by atoms with E-state index in [2.05, 4.69) is 31.6 Å². The van der Waals surface area contributed by atoms with Gasteiger partial charge in [0.15, 0.2) is 0 Å². The van der Waals surface area contributed by atoms with Crippen LogP contribution < -0.4 is 4.72 Å². The summed E-state index contributed by atoms with van der Waals surface area (Å²) in [6.45, 7) is 6.29. The van der Waals surface area contributed by atoms with Crippen LogP contribution in [0.1, 0.15) is 41.6 Å². The molecule has 0 bridgehead atoms. The lowest BCUT2D eigenvalue weighted by Crippen LogP contribution is -2.11. The van der Waals surface area contributed by atoms with Gasteiger partial charge in [-0.3, -0.25) is 0 Å². The van der Waals surface area contributed by atoms with Gasteiger partial charge in [0, 0.05) is 4.90 Å². The molecule has 6 heteroatoms. The molecule has 1 heterocycles. The number of carbonyl (C=O) groups is 1. The lowest BCUT2D eigenvalue weighted by molar-refractivity contribution is 0.0703. The van der Waals surface area contributed by atoms with E-state index < -0.39 is 5.97 Å². The van der Waals surface area contributed by atoms with E-state index in [0.717, 1.165) is 10.5 Å². The van der Waals surface area contributed by atoms with Gasteiger partial charge >= 0.3 is 5.97 Å². The highest BCUT2D eigenvalue weighted by Crippen LogP contribution is 2.31. The van der Waals surface area contributed by atoms with E-state index in [-0.39, 0.29) is 10.3 Å². The van der Waals surface area contributed by atoms with Crippen LogP contribution in [0.3, 0.4) is 0 Å². The molecule has 0 radical (unpaired) electrons. The average molecular weight is 332 g/mol. The fourth-order valence-electron chi connectivity index (χ4n) is 1.84. The Morgan fingerprint density at radius 1 is 1.36 bits per heavy atom. The summed E-state index contributed by atoms with van der Waals surface area (Å²) in [4.78, 5) is 12.1. The molecule has 4 nitrogen and oxygen atoms in total. The van der Waals surface area contributed by atoms with Gasteiger partial charge in [-0.15, -0.1) is 11.3 Å². The van der Waals surface area contributed by atoms with Crippen LogP contribution >= 0.6 is 23.3 Å². The molecule has 0 saturated carbocycles. The zero-order valence-electron chi connectivity index (χ0n) is 12.5. The summed E-state index contributed by atoms with van der Waals surface area (Å²) < 4.78 is 3.02. The van der Waals surface area contributed by atoms with Crippen LogP contribution in [-0.2, 0) is 5.41 Å². The van der Waals surface area contributed by atoms with Crippen molar-refractivity contribution in [3.8, 4) is 6.07 Å². The highest BCUT2D eigenvalue weighted by molar-refractivity contribution is 8.00. The predicted molar refractivity (Wildman–Crippen MR) is 90.6 cm³/mol. The van der Waals surface area contributed by atoms with Gasteiger partial charge in [0.2, 0.25) is 0 Å². The number of hydrogen-bond acceptors (Lipinski definition) is 5. The number of nitrogens with zero attached hydrogens (tertiary/aromatic N) is 1. The topological polar surface area (TPSA) is 73.1 Å². The predicted octanol–water partition coefficient (Wildman–Crippen LogP) is 4.73. The minimum absolute atomic E-state index is 0.0218. The molecule has 2 N–H and O–H groups in total. The van der Waals surface area contributed by atoms with E-state index in [0.29, 0.717) is 11.3 Å². The standard InChI is InChI=1S/C16H16N2O2S2/c1-16(2,3)11-4-5-13(10(8-11)9-17)22-18-12-6-7-21-14(12)15(19)20/h4-8,18H,1-3H3,(H,19,20). The minimum Gasteiger partial charge on any atom is -0.477 e. The Morgan fingerprint density at radius 2 is 2.09 bits per heavy atom. The second-order valence-electron chi connectivity index (χ2n) is 5.75. The number of carboxylic acids is 1.